The number of carbonyl (C=O) groups is 1. The van der Waals surface area contributed by atoms with Crippen molar-refractivity contribution in [2.45, 2.75) is 12.3 Å². The van der Waals surface area contributed by atoms with Gasteiger partial charge in [0.2, 0.25) is 11.0 Å². The van der Waals surface area contributed by atoms with E-state index >= 15 is 0 Å². The Labute approximate surface area is 78.0 Å². The maximum absolute atomic E-state index is 11.3. The number of thioether (sulfide) groups is 1. The van der Waals surface area contributed by atoms with Crippen molar-refractivity contribution >= 4 is 34.1 Å². The molecule has 1 aliphatic rings. The summed E-state index contributed by atoms with van der Waals surface area (Å²) >= 11 is 3.02. The van der Waals surface area contributed by atoms with Gasteiger partial charge < -0.3 is 0 Å². The first-order valence-corrected chi connectivity index (χ1v) is 5.41. The molecule has 1 aromatic heterocycles. The largest absolute Gasteiger partial charge is 0.274 e. The molecule has 0 aromatic carbocycles. The second kappa shape index (κ2) is 3.02. The topological polar surface area (TPSA) is 46.1 Å². The van der Waals surface area contributed by atoms with Crippen LogP contribution in [0.1, 0.15) is 6.92 Å². The molecule has 64 valence electrons. The van der Waals surface area contributed by atoms with Crippen LogP contribution in [0.3, 0.4) is 0 Å². The number of hydrogen-bond acceptors (Lipinski definition) is 5. The minimum Gasteiger partial charge on any atom is -0.274 e. The molecular weight excluding hydrogens is 194 g/mol. The van der Waals surface area contributed by atoms with Crippen LogP contribution in [0.2, 0.25) is 0 Å². The normalized spacial score (nSPS) is 23.6. The average molecular weight is 201 g/mol. The van der Waals surface area contributed by atoms with E-state index in [0.29, 0.717) is 10.9 Å². The van der Waals surface area contributed by atoms with Crippen molar-refractivity contribution in [1.82, 2.24) is 10.2 Å². The van der Waals surface area contributed by atoms with Crippen LogP contribution < -0.4 is 4.90 Å². The zero-order valence-electron chi connectivity index (χ0n) is 6.43. The maximum Gasteiger partial charge on any atom is 0.239 e. The third-order valence-electron chi connectivity index (χ3n) is 1.63. The Bertz CT molecular complexity index is 287. The van der Waals surface area contributed by atoms with E-state index < -0.39 is 0 Å². The lowest BCUT2D eigenvalue weighted by molar-refractivity contribution is -0.115. The van der Waals surface area contributed by atoms with Gasteiger partial charge in [0.15, 0.2) is 0 Å². The zero-order chi connectivity index (χ0) is 8.55. The third kappa shape index (κ3) is 1.21. The van der Waals surface area contributed by atoms with E-state index in [0.717, 1.165) is 0 Å². The monoisotopic (exact) mass is 201 g/mol. The van der Waals surface area contributed by atoms with E-state index in [1.54, 1.807) is 22.2 Å². The van der Waals surface area contributed by atoms with E-state index in [2.05, 4.69) is 10.2 Å². The summed E-state index contributed by atoms with van der Waals surface area (Å²) in [5.74, 6) is 0.685. The Morgan fingerprint density at radius 2 is 2.58 bits per heavy atom. The van der Waals surface area contributed by atoms with Gasteiger partial charge >= 0.3 is 0 Å². The van der Waals surface area contributed by atoms with E-state index in [9.17, 15) is 4.79 Å². The first-order valence-electron chi connectivity index (χ1n) is 3.49. The Morgan fingerprint density at radius 1 is 1.75 bits per heavy atom. The van der Waals surface area contributed by atoms with Gasteiger partial charge in [-0.1, -0.05) is 11.3 Å². The Morgan fingerprint density at radius 3 is 3.08 bits per heavy atom. The molecule has 0 radical (unpaired) electrons. The highest BCUT2D eigenvalue weighted by molar-refractivity contribution is 8.01. The number of carbonyl (C=O) groups excluding carboxylic acids is 1. The van der Waals surface area contributed by atoms with E-state index in [1.807, 2.05) is 6.92 Å². The van der Waals surface area contributed by atoms with Crippen molar-refractivity contribution in [3.8, 4) is 0 Å². The molecule has 2 rings (SSSR count). The highest BCUT2D eigenvalue weighted by Crippen LogP contribution is 2.30. The third-order valence-corrected chi connectivity index (χ3v) is 3.43. The molecule has 2 heterocycles. The van der Waals surface area contributed by atoms with Crippen LogP contribution in [0, 0.1) is 0 Å². The number of nitrogens with zero attached hydrogens (tertiary/aromatic N) is 3. The number of amides is 1. The Kier molecular flexibility index (Phi) is 2.02. The van der Waals surface area contributed by atoms with Gasteiger partial charge in [-0.15, -0.1) is 22.0 Å². The molecule has 1 atom stereocenters. The predicted molar refractivity (Wildman–Crippen MR) is 49.3 cm³/mol. The zero-order valence-corrected chi connectivity index (χ0v) is 8.06. The molecule has 1 aliphatic heterocycles. The molecule has 0 saturated carbocycles. The molecule has 1 saturated heterocycles. The lowest BCUT2D eigenvalue weighted by atomic mass is 10.5. The minimum atomic E-state index is 0.129. The smallest absolute Gasteiger partial charge is 0.239 e. The van der Waals surface area contributed by atoms with Gasteiger partial charge in [-0.2, -0.15) is 0 Å². The predicted octanol–water partition coefficient (Wildman–Crippen LogP) is 0.964. The van der Waals surface area contributed by atoms with Gasteiger partial charge in [-0.25, -0.2) is 0 Å². The first kappa shape index (κ1) is 8.00. The van der Waals surface area contributed by atoms with Gasteiger partial charge in [0.05, 0.1) is 11.1 Å². The van der Waals surface area contributed by atoms with Gasteiger partial charge in [0.25, 0.3) is 0 Å². The molecule has 0 N–H and O–H groups in total. The number of anilines is 1. The van der Waals surface area contributed by atoms with Crippen LogP contribution in [-0.4, -0.2) is 27.2 Å². The number of aromatic nitrogens is 2. The highest BCUT2D eigenvalue weighted by Gasteiger charge is 2.31. The summed E-state index contributed by atoms with van der Waals surface area (Å²) in [7, 11) is 0. The van der Waals surface area contributed by atoms with Crippen molar-refractivity contribution in [1.29, 1.82) is 0 Å². The molecule has 12 heavy (non-hydrogen) atoms. The molecule has 0 aliphatic carbocycles. The molecule has 1 unspecified atom stereocenters. The molecule has 1 fully saturated rings. The summed E-state index contributed by atoms with van der Waals surface area (Å²) in [6.07, 6.45) is 0. The minimum absolute atomic E-state index is 0.129. The Balaban J connectivity index is 2.28. The highest BCUT2D eigenvalue weighted by atomic mass is 32.2. The molecule has 0 bridgehead atoms. The Hall–Kier alpha value is -0.620. The second-order valence-corrected chi connectivity index (χ2v) is 4.51. The molecule has 0 spiro atoms. The van der Waals surface area contributed by atoms with Crippen LogP contribution in [0.25, 0.3) is 0 Å². The van der Waals surface area contributed by atoms with Gasteiger partial charge in [0.1, 0.15) is 5.51 Å². The van der Waals surface area contributed by atoms with Crippen LogP contribution in [0.5, 0.6) is 0 Å². The van der Waals surface area contributed by atoms with Crippen molar-refractivity contribution in [2.75, 3.05) is 10.7 Å². The van der Waals surface area contributed by atoms with Crippen molar-refractivity contribution < 1.29 is 4.79 Å². The van der Waals surface area contributed by atoms with E-state index in [-0.39, 0.29) is 11.3 Å². The quantitative estimate of drug-likeness (QED) is 0.679. The average Bonchev–Trinajstić information content (AvgIpc) is 2.61. The van der Waals surface area contributed by atoms with Gasteiger partial charge in [-0.3, -0.25) is 9.69 Å². The summed E-state index contributed by atoms with van der Waals surface area (Å²) in [5, 5.41) is 8.47. The maximum atomic E-state index is 11.3. The van der Waals surface area contributed by atoms with Crippen LogP contribution in [-0.2, 0) is 4.79 Å². The van der Waals surface area contributed by atoms with E-state index in [4.69, 9.17) is 0 Å². The summed E-state index contributed by atoms with van der Waals surface area (Å²) in [6.45, 7) is 2.00. The van der Waals surface area contributed by atoms with Crippen LogP contribution >= 0.6 is 23.1 Å². The summed E-state index contributed by atoms with van der Waals surface area (Å²) in [6, 6.07) is 0. The summed E-state index contributed by atoms with van der Waals surface area (Å²) in [5.41, 5.74) is 1.64. The summed E-state index contributed by atoms with van der Waals surface area (Å²) < 4.78 is 0. The molecule has 1 aromatic rings. The second-order valence-electron chi connectivity index (χ2n) is 2.40. The van der Waals surface area contributed by atoms with Crippen LogP contribution in [0.15, 0.2) is 5.51 Å². The number of rotatable bonds is 1. The fourth-order valence-electron chi connectivity index (χ4n) is 1.07. The lowest BCUT2D eigenvalue weighted by Crippen LogP contribution is -2.30. The van der Waals surface area contributed by atoms with Crippen molar-refractivity contribution in [2.24, 2.45) is 0 Å². The first-order chi connectivity index (χ1) is 5.79. The fraction of sp³-hybridized carbons (Fsp3) is 0.500. The fourth-order valence-corrected chi connectivity index (χ4v) is 2.69. The summed E-state index contributed by atoms with van der Waals surface area (Å²) in [4.78, 5) is 13.0. The van der Waals surface area contributed by atoms with Crippen molar-refractivity contribution in [3.05, 3.63) is 5.51 Å². The van der Waals surface area contributed by atoms with Gasteiger partial charge in [-0.05, 0) is 6.92 Å². The molecule has 4 nitrogen and oxygen atoms in total. The molecule has 6 heteroatoms. The molecular formula is C6H7N3OS2. The van der Waals surface area contributed by atoms with Crippen LogP contribution in [0.4, 0.5) is 5.13 Å². The van der Waals surface area contributed by atoms with E-state index in [1.165, 1.54) is 11.3 Å². The number of hydrogen-bond donors (Lipinski definition) is 0. The SMILES string of the molecule is CC1SCC(=O)N1c1nncs1. The molecule has 1 amide bonds. The van der Waals surface area contributed by atoms with Crippen molar-refractivity contribution in [3.63, 3.8) is 0 Å². The lowest BCUT2D eigenvalue weighted by Gasteiger charge is -2.15. The standard InChI is InChI=1S/C6H7N3OS2/c1-4-9(5(10)2-11-4)6-8-7-3-12-6/h3-4H,2H2,1H3. The van der Waals surface area contributed by atoms with Gasteiger partial charge in [0, 0.05) is 0 Å².